The van der Waals surface area contributed by atoms with Gasteiger partial charge in [-0.05, 0) is 41.1 Å². The third-order valence-electron chi connectivity index (χ3n) is 2.82. The van der Waals surface area contributed by atoms with Crippen LogP contribution in [0.2, 0.25) is 0 Å². The smallest absolute Gasteiger partial charge is 0.167 e. The van der Waals surface area contributed by atoms with Crippen molar-refractivity contribution in [3.05, 3.63) is 69.2 Å². The second kappa shape index (κ2) is 5.61. The molecule has 0 fully saturated rings. The molecule has 0 atom stereocenters. The average molecular weight is 325 g/mol. The molecule has 0 aliphatic rings. The first-order valence-corrected chi connectivity index (χ1v) is 6.50. The summed E-state index contributed by atoms with van der Waals surface area (Å²) < 4.78 is 27.5. The van der Waals surface area contributed by atoms with E-state index in [1.165, 1.54) is 6.07 Å². The molecule has 0 N–H and O–H groups in total. The predicted molar refractivity (Wildman–Crippen MR) is 73.3 cm³/mol. The van der Waals surface area contributed by atoms with Crippen LogP contribution in [0.5, 0.6) is 0 Å². The average Bonchev–Trinajstić information content (AvgIpc) is 2.39. The number of hydrogen-bond donors (Lipinski definition) is 0. The van der Waals surface area contributed by atoms with E-state index < -0.39 is 11.6 Å². The summed E-state index contributed by atoms with van der Waals surface area (Å²) in [6, 6.07) is 9.38. The van der Waals surface area contributed by atoms with Gasteiger partial charge in [-0.2, -0.15) is 0 Å². The summed E-state index contributed by atoms with van der Waals surface area (Å²) in [6.45, 7) is 1.86. The highest BCUT2D eigenvalue weighted by Gasteiger charge is 2.16. The van der Waals surface area contributed by atoms with Crippen molar-refractivity contribution in [1.82, 2.24) is 0 Å². The molecule has 0 saturated carbocycles. The minimum atomic E-state index is -0.721. The van der Waals surface area contributed by atoms with Crippen LogP contribution in [-0.4, -0.2) is 5.78 Å². The Labute approximate surface area is 118 Å². The fourth-order valence-electron chi connectivity index (χ4n) is 1.81. The molecule has 0 aliphatic heterocycles. The van der Waals surface area contributed by atoms with Crippen LogP contribution >= 0.6 is 15.9 Å². The van der Waals surface area contributed by atoms with Crippen LogP contribution in [0.4, 0.5) is 8.78 Å². The molecule has 2 rings (SSSR count). The van der Waals surface area contributed by atoms with Gasteiger partial charge in [0.25, 0.3) is 0 Å². The highest BCUT2D eigenvalue weighted by atomic mass is 79.9. The number of Topliss-reactive ketones (excluding diaryl/α,β-unsaturated/α-hetero) is 1. The lowest BCUT2D eigenvalue weighted by Crippen LogP contribution is -2.08. The van der Waals surface area contributed by atoms with Crippen molar-refractivity contribution < 1.29 is 13.6 Å². The number of benzene rings is 2. The van der Waals surface area contributed by atoms with E-state index in [-0.39, 0.29) is 22.2 Å². The van der Waals surface area contributed by atoms with E-state index in [1.807, 2.05) is 13.0 Å². The first kappa shape index (κ1) is 13.9. The summed E-state index contributed by atoms with van der Waals surface area (Å²) in [4.78, 5) is 12.0. The van der Waals surface area contributed by atoms with Gasteiger partial charge in [-0.1, -0.05) is 23.8 Å². The SMILES string of the molecule is Cc1cccc(C(=O)Cc2c(F)ccc(Br)c2F)c1. The Morgan fingerprint density at radius 3 is 2.63 bits per heavy atom. The lowest BCUT2D eigenvalue weighted by molar-refractivity contribution is 0.0990. The summed E-state index contributed by atoms with van der Waals surface area (Å²) in [5.74, 6) is -1.73. The summed E-state index contributed by atoms with van der Waals surface area (Å²) in [5.41, 5.74) is 1.18. The van der Waals surface area contributed by atoms with Gasteiger partial charge in [0.15, 0.2) is 5.78 Å². The van der Waals surface area contributed by atoms with Crippen LogP contribution < -0.4 is 0 Å². The van der Waals surface area contributed by atoms with Crippen molar-refractivity contribution in [2.45, 2.75) is 13.3 Å². The van der Waals surface area contributed by atoms with E-state index in [2.05, 4.69) is 15.9 Å². The van der Waals surface area contributed by atoms with Gasteiger partial charge in [0.1, 0.15) is 11.6 Å². The molecule has 2 aromatic rings. The zero-order valence-electron chi connectivity index (χ0n) is 10.2. The molecular formula is C15H11BrF2O. The van der Waals surface area contributed by atoms with Crippen LogP contribution in [-0.2, 0) is 6.42 Å². The van der Waals surface area contributed by atoms with E-state index in [4.69, 9.17) is 0 Å². The van der Waals surface area contributed by atoms with Crippen molar-refractivity contribution in [1.29, 1.82) is 0 Å². The number of carbonyl (C=O) groups excluding carboxylic acids is 1. The minimum Gasteiger partial charge on any atom is -0.294 e. The second-order valence-corrected chi connectivity index (χ2v) is 5.15. The topological polar surface area (TPSA) is 17.1 Å². The summed E-state index contributed by atoms with van der Waals surface area (Å²) in [6.07, 6.45) is -0.291. The maximum absolute atomic E-state index is 13.8. The first-order chi connectivity index (χ1) is 8.99. The second-order valence-electron chi connectivity index (χ2n) is 4.29. The van der Waals surface area contributed by atoms with E-state index >= 15 is 0 Å². The molecule has 0 heterocycles. The third kappa shape index (κ3) is 3.07. The molecule has 1 nitrogen and oxygen atoms in total. The standard InChI is InChI=1S/C15H11BrF2O/c1-9-3-2-4-10(7-9)14(19)8-11-13(17)6-5-12(16)15(11)18/h2-7H,8H2,1H3. The number of rotatable bonds is 3. The van der Waals surface area contributed by atoms with E-state index in [0.29, 0.717) is 5.56 Å². The lowest BCUT2D eigenvalue weighted by Gasteiger charge is -2.06. The maximum Gasteiger partial charge on any atom is 0.167 e. The van der Waals surface area contributed by atoms with Crippen molar-refractivity contribution >= 4 is 21.7 Å². The fourth-order valence-corrected chi connectivity index (χ4v) is 2.18. The van der Waals surface area contributed by atoms with Gasteiger partial charge in [0, 0.05) is 17.5 Å². The molecule has 4 heteroatoms. The van der Waals surface area contributed by atoms with Gasteiger partial charge in [0.2, 0.25) is 0 Å². The number of hydrogen-bond acceptors (Lipinski definition) is 1. The van der Waals surface area contributed by atoms with E-state index in [9.17, 15) is 13.6 Å². The molecule has 0 radical (unpaired) electrons. The Balaban J connectivity index is 2.32. The minimum absolute atomic E-state index is 0.154. The fraction of sp³-hybridized carbons (Fsp3) is 0.133. The molecule has 0 unspecified atom stereocenters. The molecule has 0 aliphatic carbocycles. The van der Waals surface area contributed by atoms with Gasteiger partial charge in [-0.3, -0.25) is 4.79 Å². The number of ketones is 1. The quantitative estimate of drug-likeness (QED) is 0.601. The van der Waals surface area contributed by atoms with Crippen molar-refractivity contribution in [2.75, 3.05) is 0 Å². The number of aryl methyl sites for hydroxylation is 1. The Hall–Kier alpha value is -1.55. The molecular weight excluding hydrogens is 314 g/mol. The van der Waals surface area contributed by atoms with E-state index in [0.717, 1.165) is 11.6 Å². The zero-order valence-corrected chi connectivity index (χ0v) is 11.8. The summed E-state index contributed by atoms with van der Waals surface area (Å²) in [7, 11) is 0. The van der Waals surface area contributed by atoms with Crippen molar-refractivity contribution in [3.8, 4) is 0 Å². The molecule has 0 spiro atoms. The highest BCUT2D eigenvalue weighted by Crippen LogP contribution is 2.23. The van der Waals surface area contributed by atoms with Gasteiger partial charge in [0.05, 0.1) is 4.47 Å². The van der Waals surface area contributed by atoms with Gasteiger partial charge < -0.3 is 0 Å². The van der Waals surface area contributed by atoms with Crippen LogP contribution in [0.15, 0.2) is 40.9 Å². The normalized spacial score (nSPS) is 10.5. The largest absolute Gasteiger partial charge is 0.294 e. The van der Waals surface area contributed by atoms with Crippen LogP contribution in [0.25, 0.3) is 0 Å². The Morgan fingerprint density at radius 1 is 1.21 bits per heavy atom. The van der Waals surface area contributed by atoms with E-state index in [1.54, 1.807) is 18.2 Å². The number of carbonyl (C=O) groups is 1. The van der Waals surface area contributed by atoms with Crippen LogP contribution in [0.1, 0.15) is 21.5 Å². The van der Waals surface area contributed by atoms with Crippen LogP contribution in [0, 0.1) is 18.6 Å². The Bertz CT molecular complexity index is 638. The van der Waals surface area contributed by atoms with Gasteiger partial charge in [-0.15, -0.1) is 0 Å². The molecule has 19 heavy (non-hydrogen) atoms. The zero-order chi connectivity index (χ0) is 14.0. The summed E-state index contributed by atoms with van der Waals surface area (Å²) in [5, 5.41) is 0. The van der Waals surface area contributed by atoms with Gasteiger partial charge in [-0.25, -0.2) is 8.78 Å². The Morgan fingerprint density at radius 2 is 1.95 bits per heavy atom. The molecule has 0 aromatic heterocycles. The monoisotopic (exact) mass is 324 g/mol. The van der Waals surface area contributed by atoms with Crippen LogP contribution in [0.3, 0.4) is 0 Å². The molecule has 2 aromatic carbocycles. The first-order valence-electron chi connectivity index (χ1n) is 5.71. The molecule has 98 valence electrons. The Kier molecular flexibility index (Phi) is 4.10. The highest BCUT2D eigenvalue weighted by molar-refractivity contribution is 9.10. The lowest BCUT2D eigenvalue weighted by atomic mass is 10.0. The molecule has 0 saturated heterocycles. The predicted octanol–water partition coefficient (Wildman–Crippen LogP) is 4.46. The number of halogens is 3. The molecule has 0 amide bonds. The third-order valence-corrected chi connectivity index (χ3v) is 3.43. The van der Waals surface area contributed by atoms with Crippen molar-refractivity contribution in [2.24, 2.45) is 0 Å². The van der Waals surface area contributed by atoms with Gasteiger partial charge >= 0.3 is 0 Å². The maximum atomic E-state index is 13.8. The molecule has 0 bridgehead atoms. The summed E-state index contributed by atoms with van der Waals surface area (Å²) >= 11 is 2.99. The van der Waals surface area contributed by atoms with Crippen molar-refractivity contribution in [3.63, 3.8) is 0 Å².